The molecule has 0 N–H and O–H groups in total. The van der Waals surface area contributed by atoms with Gasteiger partial charge in [-0.2, -0.15) is 0 Å². The van der Waals surface area contributed by atoms with Gasteiger partial charge in [0.05, 0.1) is 11.1 Å². The van der Waals surface area contributed by atoms with Crippen molar-refractivity contribution in [2.75, 3.05) is 0 Å². The molecule has 4 atom stereocenters. The first kappa shape index (κ1) is 25.4. The number of hydrogen-bond acceptors (Lipinski definition) is 0. The van der Waals surface area contributed by atoms with Gasteiger partial charge in [-0.3, -0.25) is 0 Å². The summed E-state index contributed by atoms with van der Waals surface area (Å²) in [6.45, 7) is 5.85. The summed E-state index contributed by atoms with van der Waals surface area (Å²) < 4.78 is 29.4. The molecule has 0 radical (unpaired) electrons. The molecule has 2 aromatic rings. The molecular weight excluding hydrogens is 434 g/mol. The Kier molecular flexibility index (Phi) is 8.97. The number of benzene rings is 2. The second-order valence-electron chi connectivity index (χ2n) is 10.5. The number of rotatable bonds is 7. The highest BCUT2D eigenvalue weighted by atomic mass is 19.1. The lowest BCUT2D eigenvalue weighted by atomic mass is 9.63. The Hall–Kier alpha value is -2.66. The van der Waals surface area contributed by atoms with Crippen molar-refractivity contribution in [1.29, 1.82) is 0 Å². The minimum absolute atomic E-state index is 0.298. The van der Waals surface area contributed by atoms with E-state index >= 15 is 0 Å². The van der Waals surface area contributed by atoms with Crippen LogP contribution in [0.15, 0.2) is 61.2 Å². The van der Waals surface area contributed by atoms with Gasteiger partial charge in [0.2, 0.25) is 0 Å². The topological polar surface area (TPSA) is 0 Å². The molecule has 35 heavy (non-hydrogen) atoms. The molecule has 2 fully saturated rings. The highest BCUT2D eigenvalue weighted by Crippen LogP contribution is 2.48. The summed E-state index contributed by atoms with van der Waals surface area (Å²) >= 11 is 0. The summed E-state index contributed by atoms with van der Waals surface area (Å²) in [6, 6.07) is 10.6. The van der Waals surface area contributed by atoms with Gasteiger partial charge in [-0.05, 0) is 124 Å². The second kappa shape index (κ2) is 12.3. The highest BCUT2D eigenvalue weighted by molar-refractivity contribution is 5.46. The van der Waals surface area contributed by atoms with Crippen LogP contribution in [-0.4, -0.2) is 0 Å². The van der Waals surface area contributed by atoms with Gasteiger partial charge in [0.15, 0.2) is 0 Å². The van der Waals surface area contributed by atoms with Crippen molar-refractivity contribution in [3.05, 3.63) is 95.1 Å². The fourth-order valence-corrected chi connectivity index (χ4v) is 6.16. The van der Waals surface area contributed by atoms with Crippen molar-refractivity contribution < 1.29 is 8.78 Å². The molecule has 0 amide bonds. The van der Waals surface area contributed by atoms with Crippen molar-refractivity contribution in [1.82, 2.24) is 0 Å². The maximum Gasteiger partial charge on any atom is 0.139 e. The molecule has 4 unspecified atom stereocenters. The number of fused-ring (bicyclic) bond motifs is 1. The van der Waals surface area contributed by atoms with E-state index in [4.69, 9.17) is 0 Å². The lowest BCUT2D eigenvalue weighted by Gasteiger charge is -2.42. The SMILES string of the molecule is C=CCCC1CCC2CC(c3ccc(C#Cc4ccc(CC/C=C/C)cc4F)c(F)c3)CCC2C1. The first-order valence-corrected chi connectivity index (χ1v) is 13.4. The molecule has 4 rings (SSSR count). The van der Waals surface area contributed by atoms with Crippen LogP contribution in [0.1, 0.15) is 92.9 Å². The Balaban J connectivity index is 1.38. The Bertz CT molecular complexity index is 1100. The summed E-state index contributed by atoms with van der Waals surface area (Å²) in [5, 5.41) is 0. The summed E-state index contributed by atoms with van der Waals surface area (Å²) in [4.78, 5) is 0. The third-order valence-electron chi connectivity index (χ3n) is 8.17. The van der Waals surface area contributed by atoms with Gasteiger partial charge in [-0.15, -0.1) is 6.58 Å². The van der Waals surface area contributed by atoms with Crippen molar-refractivity contribution in [3.8, 4) is 11.8 Å². The molecule has 0 aromatic heterocycles. The fourth-order valence-electron chi connectivity index (χ4n) is 6.16. The van der Waals surface area contributed by atoms with Gasteiger partial charge in [0.25, 0.3) is 0 Å². The lowest BCUT2D eigenvalue weighted by molar-refractivity contribution is 0.115. The molecule has 0 bridgehead atoms. The van der Waals surface area contributed by atoms with Gasteiger partial charge in [0.1, 0.15) is 11.6 Å². The van der Waals surface area contributed by atoms with Crippen molar-refractivity contribution in [2.24, 2.45) is 17.8 Å². The van der Waals surface area contributed by atoms with E-state index in [0.29, 0.717) is 17.0 Å². The molecule has 0 aliphatic heterocycles. The van der Waals surface area contributed by atoms with Crippen LogP contribution < -0.4 is 0 Å². The average molecular weight is 473 g/mol. The van der Waals surface area contributed by atoms with Crippen molar-refractivity contribution in [2.45, 2.75) is 77.0 Å². The van der Waals surface area contributed by atoms with Gasteiger partial charge < -0.3 is 0 Å². The maximum atomic E-state index is 14.9. The summed E-state index contributed by atoms with van der Waals surface area (Å²) in [6.07, 6.45) is 17.8. The Morgan fingerprint density at radius 3 is 2.31 bits per heavy atom. The highest BCUT2D eigenvalue weighted by Gasteiger charge is 2.35. The molecular formula is C33H38F2. The van der Waals surface area contributed by atoms with Gasteiger partial charge in [-0.1, -0.05) is 48.6 Å². The van der Waals surface area contributed by atoms with Crippen LogP contribution >= 0.6 is 0 Å². The van der Waals surface area contributed by atoms with Crippen LogP contribution in [0.25, 0.3) is 0 Å². The van der Waals surface area contributed by atoms with Crippen LogP contribution in [0, 0.1) is 41.2 Å². The number of aryl methyl sites for hydroxylation is 1. The largest absolute Gasteiger partial charge is 0.206 e. The monoisotopic (exact) mass is 472 g/mol. The number of hydrogen-bond donors (Lipinski definition) is 0. The molecule has 2 aromatic carbocycles. The van der Waals surface area contributed by atoms with E-state index in [1.165, 1.54) is 44.6 Å². The van der Waals surface area contributed by atoms with E-state index < -0.39 is 0 Å². The first-order valence-electron chi connectivity index (χ1n) is 13.4. The number of allylic oxidation sites excluding steroid dienone is 3. The minimum Gasteiger partial charge on any atom is -0.206 e. The van der Waals surface area contributed by atoms with Crippen molar-refractivity contribution in [3.63, 3.8) is 0 Å². The quantitative estimate of drug-likeness (QED) is 0.278. The molecule has 0 heterocycles. The van der Waals surface area contributed by atoms with Gasteiger partial charge in [0, 0.05) is 0 Å². The Labute approximate surface area is 210 Å². The second-order valence-corrected chi connectivity index (χ2v) is 10.5. The average Bonchev–Trinajstić information content (AvgIpc) is 2.87. The maximum absolute atomic E-state index is 14.9. The van der Waals surface area contributed by atoms with Gasteiger partial charge in [-0.25, -0.2) is 8.78 Å². The molecule has 2 aliphatic carbocycles. The molecule has 0 nitrogen and oxygen atoms in total. The summed E-state index contributed by atoms with van der Waals surface area (Å²) in [7, 11) is 0. The molecule has 0 spiro atoms. The normalized spacial score (nSPS) is 24.0. The molecule has 2 aliphatic rings. The minimum atomic E-state index is -0.344. The van der Waals surface area contributed by atoms with Crippen LogP contribution in [0.5, 0.6) is 0 Å². The van der Waals surface area contributed by atoms with E-state index in [1.54, 1.807) is 18.2 Å². The fraction of sp³-hybridized carbons (Fsp3) is 0.455. The van der Waals surface area contributed by atoms with Crippen molar-refractivity contribution >= 4 is 0 Å². The summed E-state index contributed by atoms with van der Waals surface area (Å²) in [5.74, 6) is 7.96. The first-order chi connectivity index (χ1) is 17.1. The van der Waals surface area contributed by atoms with Crippen LogP contribution in [0.4, 0.5) is 8.78 Å². The molecule has 2 heteroatoms. The Morgan fingerprint density at radius 1 is 0.886 bits per heavy atom. The third kappa shape index (κ3) is 6.72. The molecule has 184 valence electrons. The van der Waals surface area contributed by atoms with Crippen LogP contribution in [-0.2, 0) is 6.42 Å². The lowest BCUT2D eigenvalue weighted by Crippen LogP contribution is -2.30. The molecule has 0 saturated heterocycles. The number of halogens is 2. The van der Waals surface area contributed by atoms with E-state index in [-0.39, 0.29) is 11.6 Å². The molecule has 2 saturated carbocycles. The van der Waals surface area contributed by atoms with E-state index in [0.717, 1.165) is 54.6 Å². The van der Waals surface area contributed by atoms with Crippen LogP contribution in [0.2, 0.25) is 0 Å². The zero-order valence-corrected chi connectivity index (χ0v) is 21.0. The van der Waals surface area contributed by atoms with Gasteiger partial charge >= 0.3 is 0 Å². The standard InChI is InChI=1S/C33H38F2/c1-3-5-7-9-25-10-12-26(32(34)21-25)14-15-27-16-17-31(23-33(27)35)30-19-18-28-20-24(8-6-4-2)11-13-29(28)22-30/h3-5,10,12,16-17,21,23-24,28-30H,2,6-9,11,13,18-20,22H2,1H3/b5-3+. The van der Waals surface area contributed by atoms with E-state index in [1.807, 2.05) is 31.2 Å². The van der Waals surface area contributed by atoms with E-state index in [9.17, 15) is 8.78 Å². The predicted molar refractivity (Wildman–Crippen MR) is 142 cm³/mol. The zero-order chi connectivity index (χ0) is 24.6. The third-order valence-corrected chi connectivity index (χ3v) is 8.17. The van der Waals surface area contributed by atoms with Crippen LogP contribution in [0.3, 0.4) is 0 Å². The summed E-state index contributed by atoms with van der Waals surface area (Å²) in [5.41, 5.74) is 2.69. The predicted octanol–water partition coefficient (Wildman–Crippen LogP) is 9.14. The smallest absolute Gasteiger partial charge is 0.139 e. The van der Waals surface area contributed by atoms with E-state index in [2.05, 4.69) is 24.5 Å². The Morgan fingerprint density at radius 2 is 1.60 bits per heavy atom. The zero-order valence-electron chi connectivity index (χ0n) is 21.0.